The third kappa shape index (κ3) is 3.10. The fourth-order valence-electron chi connectivity index (χ4n) is 2.62. The predicted molar refractivity (Wildman–Crippen MR) is 74.2 cm³/mol. The third-order valence-corrected chi connectivity index (χ3v) is 4.22. The van der Waals surface area contributed by atoms with Crippen LogP contribution in [0.4, 0.5) is 0 Å². The topological polar surface area (TPSA) is 12.0 Å². The zero-order chi connectivity index (χ0) is 12.3. The minimum absolute atomic E-state index is 0.521. The fourth-order valence-corrected chi connectivity index (χ4v) is 2.62. The van der Waals surface area contributed by atoms with Gasteiger partial charge in [0, 0.05) is 12.6 Å². The maximum Gasteiger partial charge on any atom is 0.0317 e. The van der Waals surface area contributed by atoms with E-state index in [0.717, 1.165) is 0 Å². The van der Waals surface area contributed by atoms with E-state index in [-0.39, 0.29) is 0 Å². The van der Waals surface area contributed by atoms with Crippen LogP contribution in [-0.4, -0.2) is 6.54 Å². The molecular formula is C16H25N. The Morgan fingerprint density at radius 1 is 1.24 bits per heavy atom. The van der Waals surface area contributed by atoms with Crippen molar-refractivity contribution in [1.29, 1.82) is 0 Å². The smallest absolute Gasteiger partial charge is 0.0317 e. The summed E-state index contributed by atoms with van der Waals surface area (Å²) in [5, 5.41) is 3.75. The molecule has 17 heavy (non-hydrogen) atoms. The Kier molecular flexibility index (Phi) is 3.88. The highest BCUT2D eigenvalue weighted by Gasteiger charge is 2.31. The van der Waals surface area contributed by atoms with Crippen LogP contribution in [0.25, 0.3) is 0 Å². The van der Waals surface area contributed by atoms with Crippen molar-refractivity contribution < 1.29 is 0 Å². The molecule has 0 radical (unpaired) electrons. The molecule has 1 saturated carbocycles. The average Bonchev–Trinajstić information content (AvgIpc) is 2.30. The highest BCUT2D eigenvalue weighted by atomic mass is 14.9. The van der Waals surface area contributed by atoms with E-state index in [2.05, 4.69) is 50.4 Å². The van der Waals surface area contributed by atoms with E-state index in [4.69, 9.17) is 0 Å². The Bertz CT molecular complexity index is 348. The van der Waals surface area contributed by atoms with Gasteiger partial charge in [0.25, 0.3) is 0 Å². The molecular weight excluding hydrogens is 206 g/mol. The Balaban J connectivity index is 1.94. The summed E-state index contributed by atoms with van der Waals surface area (Å²) >= 11 is 0. The standard InChI is InChI=1S/C16H25N/c1-4-15(14-8-6-13(2)7-9-14)17-12-16(3)10-5-11-16/h6-9,15,17H,4-5,10-12H2,1-3H3. The van der Waals surface area contributed by atoms with E-state index in [9.17, 15) is 0 Å². The van der Waals surface area contributed by atoms with E-state index in [1.165, 1.54) is 43.4 Å². The van der Waals surface area contributed by atoms with Gasteiger partial charge in [-0.15, -0.1) is 0 Å². The monoisotopic (exact) mass is 231 g/mol. The van der Waals surface area contributed by atoms with E-state index in [1.54, 1.807) is 0 Å². The van der Waals surface area contributed by atoms with Crippen LogP contribution in [-0.2, 0) is 0 Å². The summed E-state index contributed by atoms with van der Waals surface area (Å²) in [7, 11) is 0. The molecule has 1 aromatic carbocycles. The first kappa shape index (κ1) is 12.6. The van der Waals surface area contributed by atoms with Crippen molar-refractivity contribution in [3.05, 3.63) is 35.4 Å². The summed E-state index contributed by atoms with van der Waals surface area (Å²) in [5.74, 6) is 0. The molecule has 1 unspecified atom stereocenters. The molecule has 0 amide bonds. The van der Waals surface area contributed by atoms with Crippen LogP contribution >= 0.6 is 0 Å². The van der Waals surface area contributed by atoms with Crippen LogP contribution in [0.1, 0.15) is 56.7 Å². The lowest BCUT2D eigenvalue weighted by Gasteiger charge is -2.39. The second kappa shape index (κ2) is 5.22. The van der Waals surface area contributed by atoms with Crippen molar-refractivity contribution in [3.63, 3.8) is 0 Å². The number of rotatable bonds is 5. The zero-order valence-corrected chi connectivity index (χ0v) is 11.4. The summed E-state index contributed by atoms with van der Waals surface area (Å²) in [5.41, 5.74) is 3.34. The highest BCUT2D eigenvalue weighted by Crippen LogP contribution is 2.40. The normalized spacial score (nSPS) is 19.7. The maximum atomic E-state index is 3.75. The van der Waals surface area contributed by atoms with Crippen LogP contribution < -0.4 is 5.32 Å². The van der Waals surface area contributed by atoms with Crippen molar-refractivity contribution in [2.75, 3.05) is 6.54 Å². The lowest BCUT2D eigenvalue weighted by molar-refractivity contribution is 0.150. The first-order valence-electron chi connectivity index (χ1n) is 6.93. The molecule has 1 fully saturated rings. The number of nitrogens with one attached hydrogen (secondary N) is 1. The molecule has 2 rings (SSSR count). The quantitative estimate of drug-likeness (QED) is 0.800. The van der Waals surface area contributed by atoms with Crippen molar-refractivity contribution in [2.24, 2.45) is 5.41 Å². The first-order chi connectivity index (χ1) is 8.13. The van der Waals surface area contributed by atoms with Gasteiger partial charge in [-0.1, -0.05) is 50.1 Å². The molecule has 94 valence electrons. The largest absolute Gasteiger partial charge is 0.309 e. The SMILES string of the molecule is CCC(NCC1(C)CCC1)c1ccc(C)cc1. The van der Waals surface area contributed by atoms with Gasteiger partial charge in [0.05, 0.1) is 0 Å². The minimum atomic E-state index is 0.521. The van der Waals surface area contributed by atoms with Crippen LogP contribution in [0.15, 0.2) is 24.3 Å². The average molecular weight is 231 g/mol. The number of hydrogen-bond acceptors (Lipinski definition) is 1. The highest BCUT2D eigenvalue weighted by molar-refractivity contribution is 5.24. The summed E-state index contributed by atoms with van der Waals surface area (Å²) in [4.78, 5) is 0. The lowest BCUT2D eigenvalue weighted by Crippen LogP contribution is -2.38. The molecule has 0 aliphatic heterocycles. The number of hydrogen-bond donors (Lipinski definition) is 1. The Morgan fingerprint density at radius 2 is 1.88 bits per heavy atom. The molecule has 0 aromatic heterocycles. The van der Waals surface area contributed by atoms with Gasteiger partial charge in [-0.2, -0.15) is 0 Å². The van der Waals surface area contributed by atoms with Crippen LogP contribution in [0.2, 0.25) is 0 Å². The molecule has 0 heterocycles. The van der Waals surface area contributed by atoms with Crippen LogP contribution in [0, 0.1) is 12.3 Å². The van der Waals surface area contributed by atoms with Gasteiger partial charge in [-0.25, -0.2) is 0 Å². The second-order valence-electron chi connectivity index (χ2n) is 5.92. The molecule has 1 aromatic rings. The fraction of sp³-hybridized carbons (Fsp3) is 0.625. The van der Waals surface area contributed by atoms with E-state index in [1.807, 2.05) is 0 Å². The minimum Gasteiger partial charge on any atom is -0.309 e. The molecule has 1 atom stereocenters. The molecule has 0 spiro atoms. The van der Waals surface area contributed by atoms with E-state index in [0.29, 0.717) is 11.5 Å². The van der Waals surface area contributed by atoms with Gasteiger partial charge in [-0.3, -0.25) is 0 Å². The lowest BCUT2D eigenvalue weighted by atomic mass is 9.70. The van der Waals surface area contributed by atoms with Gasteiger partial charge >= 0.3 is 0 Å². The second-order valence-corrected chi connectivity index (χ2v) is 5.92. The van der Waals surface area contributed by atoms with Crippen molar-refractivity contribution in [3.8, 4) is 0 Å². The molecule has 1 N–H and O–H groups in total. The zero-order valence-electron chi connectivity index (χ0n) is 11.4. The Morgan fingerprint density at radius 3 is 2.35 bits per heavy atom. The summed E-state index contributed by atoms with van der Waals surface area (Å²) in [6, 6.07) is 9.47. The Hall–Kier alpha value is -0.820. The third-order valence-electron chi connectivity index (χ3n) is 4.22. The molecule has 1 nitrogen and oxygen atoms in total. The molecule has 0 saturated heterocycles. The van der Waals surface area contributed by atoms with E-state index >= 15 is 0 Å². The van der Waals surface area contributed by atoms with Gasteiger partial charge in [0.1, 0.15) is 0 Å². The van der Waals surface area contributed by atoms with Gasteiger partial charge < -0.3 is 5.32 Å². The van der Waals surface area contributed by atoms with Crippen molar-refractivity contribution in [2.45, 2.75) is 52.5 Å². The van der Waals surface area contributed by atoms with Crippen molar-refractivity contribution in [1.82, 2.24) is 5.32 Å². The number of aryl methyl sites for hydroxylation is 1. The Labute approximate surface area is 106 Å². The summed E-state index contributed by atoms with van der Waals surface area (Å²) in [6.07, 6.45) is 5.37. The van der Waals surface area contributed by atoms with Gasteiger partial charge in [0.2, 0.25) is 0 Å². The molecule has 1 aliphatic rings. The summed E-state index contributed by atoms with van der Waals surface area (Å²) < 4.78 is 0. The molecule has 0 bridgehead atoms. The summed E-state index contributed by atoms with van der Waals surface area (Å²) in [6.45, 7) is 7.99. The molecule has 1 heteroatoms. The first-order valence-corrected chi connectivity index (χ1v) is 6.93. The van der Waals surface area contributed by atoms with Crippen LogP contribution in [0.3, 0.4) is 0 Å². The van der Waals surface area contributed by atoms with Crippen LogP contribution in [0.5, 0.6) is 0 Å². The molecule has 1 aliphatic carbocycles. The van der Waals surface area contributed by atoms with Gasteiger partial charge in [-0.05, 0) is 37.2 Å². The number of benzene rings is 1. The predicted octanol–water partition coefficient (Wildman–Crippen LogP) is 4.23. The van der Waals surface area contributed by atoms with E-state index < -0.39 is 0 Å². The van der Waals surface area contributed by atoms with Crippen molar-refractivity contribution >= 4 is 0 Å². The van der Waals surface area contributed by atoms with Gasteiger partial charge in [0.15, 0.2) is 0 Å². The maximum absolute atomic E-state index is 3.75.